The molecular formula is C12H11ClN2O2. The first-order valence-electron chi connectivity index (χ1n) is 5.10. The minimum absolute atomic E-state index is 0.308. The molecule has 1 heterocycles. The molecule has 0 radical (unpaired) electrons. The van der Waals surface area contributed by atoms with Crippen molar-refractivity contribution in [3.05, 3.63) is 67.4 Å². The fourth-order valence-electron chi connectivity index (χ4n) is 1.52. The topological polar surface area (TPSA) is 54.9 Å². The zero-order chi connectivity index (χ0) is 12.4. The second-order valence-electron chi connectivity index (χ2n) is 3.80. The number of halogens is 1. The first kappa shape index (κ1) is 11.7. The van der Waals surface area contributed by atoms with E-state index in [-0.39, 0.29) is 5.56 Å². The Morgan fingerprint density at radius 1 is 1.24 bits per heavy atom. The lowest BCUT2D eigenvalue weighted by Gasteiger charge is -2.03. The van der Waals surface area contributed by atoms with Crippen molar-refractivity contribution >= 4 is 11.6 Å². The molecule has 0 aliphatic carbocycles. The predicted octanol–water partition coefficient (Wildman–Crippen LogP) is 1.32. The lowest BCUT2D eigenvalue weighted by atomic mass is 10.1. The molecule has 0 saturated carbocycles. The summed E-state index contributed by atoms with van der Waals surface area (Å²) in [4.78, 5) is 25.5. The van der Waals surface area contributed by atoms with Gasteiger partial charge >= 0.3 is 5.69 Å². The third-order valence-electron chi connectivity index (χ3n) is 2.51. The summed E-state index contributed by atoms with van der Waals surface area (Å²) in [6.45, 7) is 0. The fourth-order valence-corrected chi connectivity index (χ4v) is 1.65. The number of hydrogen-bond donors (Lipinski definition) is 1. The van der Waals surface area contributed by atoms with Gasteiger partial charge in [0.05, 0.1) is 0 Å². The van der Waals surface area contributed by atoms with Crippen LogP contribution < -0.4 is 11.2 Å². The standard InChI is InChI=1S/C12H11ClN2O2/c1-15-11(16)7-10(14-12(15)17)6-8-2-4-9(13)5-3-8/h2-5,7H,6H2,1H3,(H,14,17). The molecule has 2 rings (SSSR count). The van der Waals surface area contributed by atoms with Gasteiger partial charge in [-0.05, 0) is 17.7 Å². The molecule has 0 unspecified atom stereocenters. The van der Waals surface area contributed by atoms with Gasteiger partial charge in [0.15, 0.2) is 0 Å². The van der Waals surface area contributed by atoms with Crippen LogP contribution in [0.15, 0.2) is 39.9 Å². The van der Waals surface area contributed by atoms with E-state index >= 15 is 0 Å². The molecule has 1 aromatic carbocycles. The SMILES string of the molecule is Cn1c(=O)cc(Cc2ccc(Cl)cc2)[nH]c1=O. The van der Waals surface area contributed by atoms with Gasteiger partial charge in [-0.25, -0.2) is 4.79 Å². The Hall–Kier alpha value is -1.81. The van der Waals surface area contributed by atoms with Crippen LogP contribution in [0.2, 0.25) is 5.02 Å². The van der Waals surface area contributed by atoms with Gasteiger partial charge in [0.25, 0.3) is 5.56 Å². The van der Waals surface area contributed by atoms with E-state index < -0.39 is 5.69 Å². The zero-order valence-electron chi connectivity index (χ0n) is 9.24. The first-order valence-corrected chi connectivity index (χ1v) is 5.48. The summed E-state index contributed by atoms with van der Waals surface area (Å²) in [5.41, 5.74) is 0.873. The van der Waals surface area contributed by atoms with E-state index in [4.69, 9.17) is 11.6 Å². The second kappa shape index (κ2) is 4.59. The summed E-state index contributed by atoms with van der Waals surface area (Å²) < 4.78 is 1.03. The number of aromatic amines is 1. The molecule has 0 amide bonds. The number of nitrogens with zero attached hydrogens (tertiary/aromatic N) is 1. The van der Waals surface area contributed by atoms with E-state index in [9.17, 15) is 9.59 Å². The number of nitrogens with one attached hydrogen (secondary N) is 1. The summed E-state index contributed by atoms with van der Waals surface area (Å²) >= 11 is 5.77. The number of H-pyrrole nitrogens is 1. The van der Waals surface area contributed by atoms with E-state index in [1.807, 2.05) is 12.1 Å². The van der Waals surface area contributed by atoms with Crippen LogP contribution in [0, 0.1) is 0 Å². The molecule has 4 nitrogen and oxygen atoms in total. The Morgan fingerprint density at radius 2 is 1.88 bits per heavy atom. The summed E-state index contributed by atoms with van der Waals surface area (Å²) in [6, 6.07) is 8.69. The lowest BCUT2D eigenvalue weighted by molar-refractivity contribution is 0.758. The molecule has 0 bridgehead atoms. The Balaban J connectivity index is 2.34. The van der Waals surface area contributed by atoms with Gasteiger partial charge in [0, 0.05) is 30.3 Å². The molecule has 0 spiro atoms. The van der Waals surface area contributed by atoms with E-state index in [1.54, 1.807) is 12.1 Å². The third-order valence-corrected chi connectivity index (χ3v) is 2.76. The molecule has 0 atom stereocenters. The highest BCUT2D eigenvalue weighted by molar-refractivity contribution is 6.30. The lowest BCUT2D eigenvalue weighted by Crippen LogP contribution is -2.32. The van der Waals surface area contributed by atoms with E-state index in [1.165, 1.54) is 13.1 Å². The number of aromatic nitrogens is 2. The van der Waals surface area contributed by atoms with Crippen LogP contribution in [-0.2, 0) is 13.5 Å². The van der Waals surface area contributed by atoms with Crippen LogP contribution >= 0.6 is 11.6 Å². The molecule has 0 saturated heterocycles. The highest BCUT2D eigenvalue weighted by atomic mass is 35.5. The van der Waals surface area contributed by atoms with Crippen molar-refractivity contribution < 1.29 is 0 Å². The summed E-state index contributed by atoms with van der Waals surface area (Å²) in [7, 11) is 1.44. The fraction of sp³-hybridized carbons (Fsp3) is 0.167. The van der Waals surface area contributed by atoms with Crippen LogP contribution in [0.5, 0.6) is 0 Å². The molecule has 0 fully saturated rings. The molecule has 2 aromatic rings. The molecule has 0 aliphatic heterocycles. The molecule has 5 heteroatoms. The average Bonchev–Trinajstić information content (AvgIpc) is 2.29. The van der Waals surface area contributed by atoms with Crippen molar-refractivity contribution in [2.45, 2.75) is 6.42 Å². The quantitative estimate of drug-likeness (QED) is 0.874. The highest BCUT2D eigenvalue weighted by Gasteiger charge is 2.02. The van der Waals surface area contributed by atoms with E-state index in [2.05, 4.69) is 4.98 Å². The van der Waals surface area contributed by atoms with Gasteiger partial charge < -0.3 is 4.98 Å². The maximum atomic E-state index is 11.4. The summed E-state index contributed by atoms with van der Waals surface area (Å²) in [5, 5.41) is 0.659. The van der Waals surface area contributed by atoms with Crippen LogP contribution in [-0.4, -0.2) is 9.55 Å². The van der Waals surface area contributed by atoms with Crippen LogP contribution in [0.3, 0.4) is 0 Å². The summed E-state index contributed by atoms with van der Waals surface area (Å²) in [5.74, 6) is 0. The van der Waals surface area contributed by atoms with E-state index in [0.717, 1.165) is 10.1 Å². The Morgan fingerprint density at radius 3 is 2.47 bits per heavy atom. The largest absolute Gasteiger partial charge is 0.328 e. The van der Waals surface area contributed by atoms with Gasteiger partial charge in [-0.15, -0.1) is 0 Å². The Kier molecular flexibility index (Phi) is 3.15. The molecule has 1 aromatic heterocycles. The van der Waals surface area contributed by atoms with E-state index in [0.29, 0.717) is 17.1 Å². The average molecular weight is 251 g/mol. The van der Waals surface area contributed by atoms with Crippen LogP contribution in [0.25, 0.3) is 0 Å². The maximum absolute atomic E-state index is 11.4. The van der Waals surface area contributed by atoms with Crippen molar-refractivity contribution in [3.63, 3.8) is 0 Å². The van der Waals surface area contributed by atoms with Crippen LogP contribution in [0.4, 0.5) is 0 Å². The van der Waals surface area contributed by atoms with Gasteiger partial charge in [-0.3, -0.25) is 9.36 Å². The minimum atomic E-state index is -0.401. The summed E-state index contributed by atoms with van der Waals surface area (Å²) in [6.07, 6.45) is 0.502. The van der Waals surface area contributed by atoms with Crippen LogP contribution in [0.1, 0.15) is 11.3 Å². The monoisotopic (exact) mass is 250 g/mol. The highest BCUT2D eigenvalue weighted by Crippen LogP contribution is 2.11. The zero-order valence-corrected chi connectivity index (χ0v) is 9.99. The molecule has 0 aliphatic rings. The predicted molar refractivity (Wildman–Crippen MR) is 66.6 cm³/mol. The Labute approximate surface area is 102 Å². The molecule has 88 valence electrons. The van der Waals surface area contributed by atoms with Crippen molar-refractivity contribution in [1.82, 2.24) is 9.55 Å². The van der Waals surface area contributed by atoms with Gasteiger partial charge in [0.2, 0.25) is 0 Å². The molecule has 1 N–H and O–H groups in total. The third kappa shape index (κ3) is 2.65. The van der Waals surface area contributed by atoms with Crippen molar-refractivity contribution in [3.8, 4) is 0 Å². The molecular weight excluding hydrogens is 240 g/mol. The maximum Gasteiger partial charge on any atom is 0.328 e. The Bertz CT molecular complexity index is 610. The molecule has 17 heavy (non-hydrogen) atoms. The first-order chi connectivity index (χ1) is 8.06. The van der Waals surface area contributed by atoms with Crippen molar-refractivity contribution in [2.24, 2.45) is 7.05 Å². The normalized spacial score (nSPS) is 10.5. The number of benzene rings is 1. The van der Waals surface area contributed by atoms with Gasteiger partial charge in [-0.2, -0.15) is 0 Å². The smallest absolute Gasteiger partial charge is 0.311 e. The number of hydrogen-bond acceptors (Lipinski definition) is 2. The van der Waals surface area contributed by atoms with Crippen molar-refractivity contribution in [2.75, 3.05) is 0 Å². The van der Waals surface area contributed by atoms with Gasteiger partial charge in [-0.1, -0.05) is 23.7 Å². The van der Waals surface area contributed by atoms with Crippen molar-refractivity contribution in [1.29, 1.82) is 0 Å². The van der Waals surface area contributed by atoms with Gasteiger partial charge in [0.1, 0.15) is 0 Å². The number of rotatable bonds is 2. The second-order valence-corrected chi connectivity index (χ2v) is 4.24. The minimum Gasteiger partial charge on any atom is -0.311 e.